The van der Waals surface area contributed by atoms with E-state index in [1.807, 2.05) is 0 Å². The molecule has 0 aromatic heterocycles. The highest BCUT2D eigenvalue weighted by Crippen LogP contribution is 2.74. The molecule has 7 rings (SSSR count). The first-order valence-electron chi connectivity index (χ1n) is 9.41. The smallest absolute Gasteiger partial charge is 0.165 e. The highest BCUT2D eigenvalue weighted by Gasteiger charge is 2.79. The van der Waals surface area contributed by atoms with Gasteiger partial charge < -0.3 is 19.5 Å². The second-order valence-corrected chi connectivity index (χ2v) is 8.68. The second-order valence-electron chi connectivity index (χ2n) is 8.68. The van der Waals surface area contributed by atoms with E-state index in [4.69, 9.17) is 9.47 Å². The van der Waals surface area contributed by atoms with Gasteiger partial charge in [0, 0.05) is 24.1 Å². The lowest BCUT2D eigenvalue weighted by atomic mass is 9.37. The largest absolute Gasteiger partial charge is 0.504 e. The molecule has 134 valence electrons. The maximum absolute atomic E-state index is 10.6. The van der Waals surface area contributed by atoms with Gasteiger partial charge in [-0.15, -0.1) is 0 Å². The lowest BCUT2D eigenvalue weighted by molar-refractivity contribution is -0.203. The Bertz CT molecular complexity index is 921. The van der Waals surface area contributed by atoms with Crippen molar-refractivity contribution in [2.24, 2.45) is 11.3 Å². The molecule has 2 fully saturated rings. The molecule has 2 heterocycles. The zero-order valence-corrected chi connectivity index (χ0v) is 15.0. The van der Waals surface area contributed by atoms with E-state index < -0.39 is 5.60 Å². The van der Waals surface area contributed by atoms with Crippen molar-refractivity contribution in [1.82, 2.24) is 4.90 Å². The highest BCUT2D eigenvalue weighted by molar-refractivity contribution is 5.65. The van der Waals surface area contributed by atoms with Crippen LogP contribution in [0.3, 0.4) is 0 Å². The Hall–Kier alpha value is -2.03. The molecule has 6 aliphatic rings. The number of hydrogen-bond donors (Lipinski definition) is 1. The fraction of sp³-hybridized carbons (Fsp3) is 0.571. The number of methoxy groups -OCH3 is 1. The van der Waals surface area contributed by atoms with E-state index in [-0.39, 0.29) is 28.6 Å². The third kappa shape index (κ3) is 1.22. The Balaban J connectivity index is 1.75. The topological polar surface area (TPSA) is 65.7 Å². The highest BCUT2D eigenvalue weighted by atomic mass is 16.6. The molecule has 4 aliphatic carbocycles. The van der Waals surface area contributed by atoms with E-state index in [1.54, 1.807) is 13.2 Å². The third-order valence-electron chi connectivity index (χ3n) is 8.23. The molecule has 4 bridgehead atoms. The molecule has 5 nitrogen and oxygen atoms in total. The number of ether oxygens (including phenoxy) is 2. The monoisotopic (exact) mass is 350 g/mol. The van der Waals surface area contributed by atoms with Gasteiger partial charge in [-0.2, -0.15) is 5.26 Å². The number of nitrogens with zero attached hydrogens (tertiary/aromatic N) is 2. The molecular weight excluding hydrogens is 328 g/mol. The summed E-state index contributed by atoms with van der Waals surface area (Å²) >= 11 is 0. The predicted molar refractivity (Wildman–Crippen MR) is 94.0 cm³/mol. The van der Waals surface area contributed by atoms with Crippen molar-refractivity contribution in [2.75, 3.05) is 20.7 Å². The standard InChI is InChI=1S/C21H22N2O3/c1-23-8-7-20-16-12-3-4-14(24)17(16)26-18(20)21(25-2)6-5-19(20,15(23)9-12)10-13(21)11-22/h3-6,13,15,18,24H,7-10H2,1-2H3/t13-,15?,18-,19?,20-,21?/m0/s1. The minimum absolute atomic E-state index is 0.141. The van der Waals surface area contributed by atoms with Gasteiger partial charge in [0.2, 0.25) is 0 Å². The maximum Gasteiger partial charge on any atom is 0.165 e. The van der Waals surface area contributed by atoms with Crippen LogP contribution in [0.15, 0.2) is 24.3 Å². The maximum atomic E-state index is 10.6. The van der Waals surface area contributed by atoms with Crippen LogP contribution >= 0.6 is 0 Å². The summed E-state index contributed by atoms with van der Waals surface area (Å²) in [5.41, 5.74) is 1.36. The number of phenolic OH excluding ortho intramolecular Hbond substituents is 1. The van der Waals surface area contributed by atoms with E-state index in [1.165, 1.54) is 11.1 Å². The average molecular weight is 350 g/mol. The Morgan fingerprint density at radius 1 is 1.38 bits per heavy atom. The van der Waals surface area contributed by atoms with E-state index >= 15 is 0 Å². The van der Waals surface area contributed by atoms with Gasteiger partial charge >= 0.3 is 0 Å². The van der Waals surface area contributed by atoms with Gasteiger partial charge in [-0.1, -0.05) is 18.2 Å². The normalized spacial score (nSPS) is 46.6. The molecule has 1 aromatic carbocycles. The summed E-state index contributed by atoms with van der Waals surface area (Å²) < 4.78 is 12.6. The Labute approximate surface area is 152 Å². The van der Waals surface area contributed by atoms with E-state index in [0.29, 0.717) is 11.8 Å². The van der Waals surface area contributed by atoms with Crippen molar-refractivity contribution < 1.29 is 14.6 Å². The van der Waals surface area contributed by atoms with Gasteiger partial charge in [-0.25, -0.2) is 0 Å². The fourth-order valence-corrected chi connectivity index (χ4v) is 7.20. The van der Waals surface area contributed by atoms with Crippen LogP contribution in [-0.2, 0) is 16.6 Å². The van der Waals surface area contributed by atoms with E-state index in [9.17, 15) is 10.4 Å². The molecular formula is C21H22N2O3. The van der Waals surface area contributed by atoms with Crippen molar-refractivity contribution in [3.63, 3.8) is 0 Å². The summed E-state index contributed by atoms with van der Waals surface area (Å²) in [4.78, 5) is 2.46. The number of benzene rings is 1. The van der Waals surface area contributed by atoms with Crippen LogP contribution in [0.4, 0.5) is 0 Å². The first-order valence-corrected chi connectivity index (χ1v) is 9.41. The van der Waals surface area contributed by atoms with Crippen LogP contribution in [0.5, 0.6) is 11.5 Å². The van der Waals surface area contributed by atoms with Gasteiger partial charge in [0.25, 0.3) is 0 Å². The molecule has 3 unspecified atom stereocenters. The number of fused-ring (bicyclic) bond motifs is 1. The summed E-state index contributed by atoms with van der Waals surface area (Å²) in [6, 6.07) is 6.68. The third-order valence-corrected chi connectivity index (χ3v) is 8.23. The SMILES string of the molecule is COC12C=CC3(C[C@H]1C#N)C1Cc4ccc(O)c5c4[C@@]3(CCN1C)[C@@H]2O5. The molecule has 0 radical (unpaired) electrons. The second kappa shape index (κ2) is 4.27. The van der Waals surface area contributed by atoms with E-state index in [0.717, 1.165) is 25.8 Å². The Morgan fingerprint density at radius 3 is 3.00 bits per heavy atom. The van der Waals surface area contributed by atoms with Crippen molar-refractivity contribution in [1.29, 1.82) is 5.26 Å². The van der Waals surface area contributed by atoms with Gasteiger partial charge in [0.05, 0.1) is 17.4 Å². The Kier molecular flexibility index (Phi) is 2.47. The summed E-state index contributed by atoms with van der Waals surface area (Å²) in [6.07, 6.45) is 6.86. The first kappa shape index (κ1) is 15.1. The Morgan fingerprint density at radius 2 is 2.23 bits per heavy atom. The number of aromatic hydroxyl groups is 1. The molecule has 1 N–H and O–H groups in total. The van der Waals surface area contributed by atoms with Crippen LogP contribution in [-0.4, -0.2) is 48.5 Å². The minimum Gasteiger partial charge on any atom is -0.504 e. The zero-order valence-electron chi connectivity index (χ0n) is 15.0. The average Bonchev–Trinajstić information content (AvgIpc) is 3.03. The lowest BCUT2D eigenvalue weighted by Gasteiger charge is -2.70. The van der Waals surface area contributed by atoms with Crippen molar-refractivity contribution in [3.05, 3.63) is 35.4 Å². The van der Waals surface area contributed by atoms with Crippen LogP contribution in [0, 0.1) is 22.7 Å². The van der Waals surface area contributed by atoms with Gasteiger partial charge in [0.15, 0.2) is 11.5 Å². The summed E-state index contributed by atoms with van der Waals surface area (Å²) in [5, 5.41) is 20.5. The van der Waals surface area contributed by atoms with Crippen LogP contribution < -0.4 is 4.74 Å². The van der Waals surface area contributed by atoms with Gasteiger partial charge in [0.1, 0.15) is 11.7 Å². The molecule has 2 spiro atoms. The van der Waals surface area contributed by atoms with Crippen LogP contribution in [0.1, 0.15) is 24.0 Å². The number of rotatable bonds is 1. The first-order chi connectivity index (χ1) is 12.5. The number of likely N-dealkylation sites (N-methyl/N-ethyl adjacent to an activating group) is 1. The molecule has 0 amide bonds. The van der Waals surface area contributed by atoms with Crippen molar-refractivity contribution >= 4 is 0 Å². The lowest BCUT2D eigenvalue weighted by Crippen LogP contribution is -2.78. The van der Waals surface area contributed by atoms with Crippen LogP contribution in [0.2, 0.25) is 0 Å². The molecule has 2 aliphatic heterocycles. The number of hydrogen-bond acceptors (Lipinski definition) is 5. The van der Waals surface area contributed by atoms with E-state index in [2.05, 4.69) is 36.2 Å². The van der Waals surface area contributed by atoms with Gasteiger partial charge in [-0.05, 0) is 44.5 Å². The fourth-order valence-electron chi connectivity index (χ4n) is 7.20. The van der Waals surface area contributed by atoms with Crippen molar-refractivity contribution in [2.45, 2.75) is 42.4 Å². The number of phenols is 1. The predicted octanol–water partition coefficient (Wildman–Crippen LogP) is 2.14. The zero-order chi connectivity index (χ0) is 17.9. The molecule has 1 aromatic rings. The number of piperidine rings is 1. The van der Waals surface area contributed by atoms with Gasteiger partial charge in [-0.3, -0.25) is 0 Å². The molecule has 1 saturated heterocycles. The molecule has 26 heavy (non-hydrogen) atoms. The summed E-state index contributed by atoms with van der Waals surface area (Å²) in [6.45, 7) is 0.992. The summed E-state index contributed by atoms with van der Waals surface area (Å²) in [5.74, 6) is 0.588. The number of nitriles is 1. The molecule has 6 atom stereocenters. The molecule has 5 heteroatoms. The number of likely N-dealkylation sites (tertiary alicyclic amines) is 1. The molecule has 1 saturated carbocycles. The minimum atomic E-state index is -0.753. The van der Waals surface area contributed by atoms with Crippen LogP contribution in [0.25, 0.3) is 0 Å². The quantitative estimate of drug-likeness (QED) is 0.786. The summed E-state index contributed by atoms with van der Waals surface area (Å²) in [7, 11) is 3.89. The van der Waals surface area contributed by atoms with Crippen molar-refractivity contribution in [3.8, 4) is 17.6 Å².